The van der Waals surface area contributed by atoms with Gasteiger partial charge in [-0.3, -0.25) is 9.59 Å². The number of aryl methyl sites for hydroxylation is 1. The molecule has 0 bridgehead atoms. The number of nitrogens with zero attached hydrogens (tertiary/aromatic N) is 3. The van der Waals surface area contributed by atoms with E-state index in [1.807, 2.05) is 19.1 Å². The molecule has 1 N–H and O–H groups in total. The Hall–Kier alpha value is -2.52. The molecule has 3 rings (SSSR count). The molecule has 1 fully saturated rings. The van der Waals surface area contributed by atoms with Crippen LogP contribution < -0.4 is 10.1 Å². The minimum atomic E-state index is -0.198. The highest BCUT2D eigenvalue weighted by Gasteiger charge is 2.25. The number of amides is 2. The topological polar surface area (TPSA) is 93.6 Å². The van der Waals surface area contributed by atoms with E-state index in [1.54, 1.807) is 17.0 Å². The number of methoxy groups -OCH3 is 1. The van der Waals surface area contributed by atoms with Gasteiger partial charge in [0.2, 0.25) is 5.91 Å². The van der Waals surface area contributed by atoms with E-state index in [9.17, 15) is 9.59 Å². The van der Waals surface area contributed by atoms with Crippen LogP contribution in [-0.4, -0.2) is 59.2 Å². The van der Waals surface area contributed by atoms with Crippen LogP contribution >= 0.6 is 11.5 Å². The average Bonchev–Trinajstić information content (AvgIpc) is 3.12. The normalized spacial score (nSPS) is 14.7. The van der Waals surface area contributed by atoms with Gasteiger partial charge in [0, 0.05) is 33.0 Å². The van der Waals surface area contributed by atoms with Gasteiger partial charge in [-0.25, -0.2) is 0 Å². The molecule has 1 aromatic heterocycles. The Balaban J connectivity index is 1.57. The van der Waals surface area contributed by atoms with Gasteiger partial charge < -0.3 is 19.7 Å². The van der Waals surface area contributed by atoms with Crippen molar-refractivity contribution in [2.24, 2.45) is 0 Å². The Labute approximate surface area is 168 Å². The van der Waals surface area contributed by atoms with Crippen molar-refractivity contribution in [2.75, 3.05) is 26.8 Å². The molecule has 1 aliphatic heterocycles. The minimum absolute atomic E-state index is 0.00595. The molecule has 150 valence electrons. The van der Waals surface area contributed by atoms with Gasteiger partial charge in [0.1, 0.15) is 18.5 Å². The Morgan fingerprint density at radius 3 is 2.71 bits per heavy atom. The maximum atomic E-state index is 12.6. The number of hydrogen-bond acceptors (Lipinski definition) is 7. The second kappa shape index (κ2) is 9.61. The van der Waals surface area contributed by atoms with E-state index in [-0.39, 0.29) is 24.5 Å². The van der Waals surface area contributed by atoms with E-state index in [2.05, 4.69) is 14.9 Å². The van der Waals surface area contributed by atoms with Gasteiger partial charge in [0.15, 0.2) is 0 Å². The lowest BCUT2D eigenvalue weighted by Crippen LogP contribution is -2.43. The maximum Gasteiger partial charge on any atom is 0.255 e. The van der Waals surface area contributed by atoms with Crippen molar-refractivity contribution in [1.82, 2.24) is 19.8 Å². The van der Waals surface area contributed by atoms with Crippen LogP contribution in [0.25, 0.3) is 0 Å². The van der Waals surface area contributed by atoms with E-state index in [1.165, 1.54) is 18.6 Å². The fourth-order valence-electron chi connectivity index (χ4n) is 3.04. The Morgan fingerprint density at radius 1 is 1.29 bits per heavy atom. The zero-order chi connectivity index (χ0) is 19.9. The smallest absolute Gasteiger partial charge is 0.255 e. The van der Waals surface area contributed by atoms with Gasteiger partial charge in [-0.05, 0) is 30.6 Å². The maximum absolute atomic E-state index is 12.6. The van der Waals surface area contributed by atoms with Crippen molar-refractivity contribution in [1.29, 1.82) is 0 Å². The van der Waals surface area contributed by atoms with Crippen LogP contribution in [0, 0.1) is 6.92 Å². The summed E-state index contributed by atoms with van der Waals surface area (Å²) in [4.78, 5) is 27.2. The molecule has 0 unspecified atom stereocenters. The number of benzene rings is 1. The highest BCUT2D eigenvalue weighted by Crippen LogP contribution is 2.23. The number of nitrogens with one attached hydrogen (secondary N) is 1. The van der Waals surface area contributed by atoms with E-state index < -0.39 is 0 Å². The number of aromatic nitrogens is 2. The SMILES string of the molecule is COCC(=O)N1CCC(Oc2ccccc2C(=O)NCc2snnc2C)CC1. The highest BCUT2D eigenvalue weighted by molar-refractivity contribution is 7.05. The lowest BCUT2D eigenvalue weighted by atomic mass is 10.1. The predicted molar refractivity (Wildman–Crippen MR) is 104 cm³/mol. The molecule has 0 radical (unpaired) electrons. The highest BCUT2D eigenvalue weighted by atomic mass is 32.1. The summed E-state index contributed by atoms with van der Waals surface area (Å²) in [5.41, 5.74) is 1.32. The number of carbonyl (C=O) groups is 2. The first-order chi connectivity index (χ1) is 13.6. The predicted octanol–water partition coefficient (Wildman–Crippen LogP) is 1.79. The molecule has 2 heterocycles. The Kier molecular flexibility index (Phi) is 6.94. The number of likely N-dealkylation sites (tertiary alicyclic amines) is 1. The molecule has 2 aromatic rings. The molecule has 28 heavy (non-hydrogen) atoms. The van der Waals surface area contributed by atoms with Crippen LogP contribution in [0.1, 0.15) is 33.8 Å². The zero-order valence-electron chi connectivity index (χ0n) is 16.0. The number of rotatable bonds is 7. The first kappa shape index (κ1) is 20.2. The first-order valence-electron chi connectivity index (χ1n) is 9.17. The Morgan fingerprint density at radius 2 is 2.04 bits per heavy atom. The molecular formula is C19H24N4O4S. The van der Waals surface area contributed by atoms with Crippen molar-refractivity contribution in [3.05, 3.63) is 40.4 Å². The molecule has 0 spiro atoms. The third-order valence-corrected chi connectivity index (χ3v) is 5.47. The molecule has 0 saturated carbocycles. The standard InChI is InChI=1S/C19H24N4O4S/c1-13-17(28-22-21-13)11-20-19(25)15-5-3-4-6-16(15)27-14-7-9-23(10-8-14)18(24)12-26-2/h3-6,14H,7-12H2,1-2H3,(H,20,25). The van der Waals surface area contributed by atoms with Gasteiger partial charge in [0.25, 0.3) is 5.91 Å². The van der Waals surface area contributed by atoms with Crippen LogP contribution in [0.2, 0.25) is 0 Å². The summed E-state index contributed by atoms with van der Waals surface area (Å²) < 4.78 is 14.9. The number of carbonyl (C=O) groups excluding carboxylic acids is 2. The summed E-state index contributed by atoms with van der Waals surface area (Å²) >= 11 is 1.28. The number of ether oxygens (including phenoxy) is 2. The number of para-hydroxylation sites is 1. The Bertz CT molecular complexity index is 818. The molecule has 0 aliphatic carbocycles. The fourth-order valence-corrected chi connectivity index (χ4v) is 3.61. The summed E-state index contributed by atoms with van der Waals surface area (Å²) in [5.74, 6) is 0.352. The zero-order valence-corrected chi connectivity index (χ0v) is 16.8. The molecule has 1 aliphatic rings. The third kappa shape index (κ3) is 5.05. The van der Waals surface area contributed by atoms with Crippen LogP contribution in [0.3, 0.4) is 0 Å². The number of hydrogen-bond donors (Lipinski definition) is 1. The number of piperidine rings is 1. The molecule has 1 saturated heterocycles. The monoisotopic (exact) mass is 404 g/mol. The summed E-state index contributed by atoms with van der Waals surface area (Å²) in [6.07, 6.45) is 1.40. The third-order valence-electron chi connectivity index (χ3n) is 4.64. The van der Waals surface area contributed by atoms with Gasteiger partial charge in [-0.1, -0.05) is 16.6 Å². The molecule has 0 atom stereocenters. The molecular weight excluding hydrogens is 380 g/mol. The second-order valence-electron chi connectivity index (χ2n) is 6.59. The summed E-state index contributed by atoms with van der Waals surface area (Å²) in [5, 5.41) is 6.85. The van der Waals surface area contributed by atoms with Crippen LogP contribution in [0.5, 0.6) is 5.75 Å². The van der Waals surface area contributed by atoms with Gasteiger partial charge in [0.05, 0.1) is 22.7 Å². The van der Waals surface area contributed by atoms with Crippen molar-refractivity contribution < 1.29 is 19.1 Å². The summed E-state index contributed by atoms with van der Waals surface area (Å²) in [7, 11) is 1.52. The quantitative estimate of drug-likeness (QED) is 0.756. The van der Waals surface area contributed by atoms with Gasteiger partial charge in [-0.2, -0.15) is 0 Å². The first-order valence-corrected chi connectivity index (χ1v) is 9.94. The van der Waals surface area contributed by atoms with Gasteiger partial charge >= 0.3 is 0 Å². The fraction of sp³-hybridized carbons (Fsp3) is 0.474. The molecule has 8 nitrogen and oxygen atoms in total. The molecule has 2 amide bonds. The van der Waals surface area contributed by atoms with Crippen molar-refractivity contribution in [2.45, 2.75) is 32.4 Å². The van der Waals surface area contributed by atoms with E-state index in [4.69, 9.17) is 9.47 Å². The molecule has 9 heteroatoms. The lowest BCUT2D eigenvalue weighted by Gasteiger charge is -2.32. The van der Waals surface area contributed by atoms with Crippen LogP contribution in [-0.2, 0) is 16.1 Å². The van der Waals surface area contributed by atoms with Crippen molar-refractivity contribution in [3.8, 4) is 5.75 Å². The van der Waals surface area contributed by atoms with E-state index >= 15 is 0 Å². The van der Waals surface area contributed by atoms with Crippen molar-refractivity contribution >= 4 is 23.3 Å². The molecule has 1 aromatic carbocycles. The summed E-state index contributed by atoms with van der Waals surface area (Å²) in [6.45, 7) is 3.60. The van der Waals surface area contributed by atoms with Gasteiger partial charge in [-0.15, -0.1) is 5.10 Å². The largest absolute Gasteiger partial charge is 0.489 e. The summed E-state index contributed by atoms with van der Waals surface area (Å²) in [6, 6.07) is 7.21. The average molecular weight is 404 g/mol. The second-order valence-corrected chi connectivity index (χ2v) is 7.43. The van der Waals surface area contributed by atoms with Crippen LogP contribution in [0.4, 0.5) is 0 Å². The minimum Gasteiger partial charge on any atom is -0.489 e. The van der Waals surface area contributed by atoms with Crippen LogP contribution in [0.15, 0.2) is 24.3 Å². The lowest BCUT2D eigenvalue weighted by molar-refractivity contribution is -0.136. The van der Waals surface area contributed by atoms with Crippen molar-refractivity contribution in [3.63, 3.8) is 0 Å². The van der Waals surface area contributed by atoms with E-state index in [0.717, 1.165) is 23.4 Å². The van der Waals surface area contributed by atoms with E-state index in [0.29, 0.717) is 30.9 Å².